The molecule has 0 bridgehead atoms. The molecule has 1 aromatic heterocycles. The normalized spacial score (nSPS) is 16.8. The number of carbonyl (C=O) groups excluding carboxylic acids is 1. The van der Waals surface area contributed by atoms with Crippen LogP contribution in [0, 0.1) is 6.92 Å². The first-order valence-corrected chi connectivity index (χ1v) is 5.81. The Morgan fingerprint density at radius 1 is 1.47 bits per heavy atom. The molecule has 1 fully saturated rings. The molecule has 2 heterocycles. The number of aromatic nitrogens is 1. The molecule has 1 aliphatic heterocycles. The van der Waals surface area contributed by atoms with Crippen LogP contribution in [0.1, 0.15) is 28.9 Å². The zero-order valence-electron chi connectivity index (χ0n) is 9.90. The van der Waals surface area contributed by atoms with Crippen LogP contribution in [0.5, 0.6) is 5.88 Å². The number of nitrogens with two attached hydrogens (primary N) is 1. The highest BCUT2D eigenvalue weighted by atomic mass is 16.5. The molecule has 92 valence electrons. The molecule has 3 N–H and O–H groups in total. The molecule has 1 aromatic rings. The molecule has 5 nitrogen and oxygen atoms in total. The number of carbonyl (C=O) groups is 1. The predicted molar refractivity (Wildman–Crippen MR) is 64.0 cm³/mol. The van der Waals surface area contributed by atoms with E-state index in [2.05, 4.69) is 10.3 Å². The standard InChI is InChI=1S/C12H17N3O2/c1-8-6-9(12(13)16)7-11(15-8)17-10-2-4-14-5-3-10/h6-7,10,14H,2-5H2,1H3,(H2,13,16). The van der Waals surface area contributed by atoms with Crippen LogP contribution in [0.25, 0.3) is 0 Å². The van der Waals surface area contributed by atoms with E-state index in [0.717, 1.165) is 31.6 Å². The van der Waals surface area contributed by atoms with E-state index in [9.17, 15) is 4.79 Å². The minimum absolute atomic E-state index is 0.172. The van der Waals surface area contributed by atoms with Gasteiger partial charge in [0.1, 0.15) is 6.10 Å². The summed E-state index contributed by atoms with van der Waals surface area (Å²) < 4.78 is 5.77. The smallest absolute Gasteiger partial charge is 0.248 e. The molecular formula is C12H17N3O2. The molecule has 0 aromatic carbocycles. The van der Waals surface area contributed by atoms with E-state index in [-0.39, 0.29) is 6.10 Å². The van der Waals surface area contributed by atoms with E-state index in [1.165, 1.54) is 0 Å². The van der Waals surface area contributed by atoms with E-state index in [1.807, 2.05) is 6.92 Å². The summed E-state index contributed by atoms with van der Waals surface area (Å²) in [4.78, 5) is 15.4. The van der Waals surface area contributed by atoms with Crippen molar-refractivity contribution in [2.24, 2.45) is 5.73 Å². The first-order chi connectivity index (χ1) is 8.15. The molecular weight excluding hydrogens is 218 g/mol. The Bertz CT molecular complexity index is 414. The lowest BCUT2D eigenvalue weighted by Crippen LogP contribution is -2.34. The minimum Gasteiger partial charge on any atom is -0.474 e. The van der Waals surface area contributed by atoms with Crippen LogP contribution >= 0.6 is 0 Å². The Hall–Kier alpha value is -1.62. The van der Waals surface area contributed by atoms with Gasteiger partial charge < -0.3 is 15.8 Å². The first kappa shape index (κ1) is 11.9. The number of hydrogen-bond donors (Lipinski definition) is 2. The number of ether oxygens (including phenoxy) is 1. The Morgan fingerprint density at radius 3 is 2.82 bits per heavy atom. The lowest BCUT2D eigenvalue weighted by Gasteiger charge is -2.23. The number of hydrogen-bond acceptors (Lipinski definition) is 4. The predicted octanol–water partition coefficient (Wildman–Crippen LogP) is 0.620. The van der Waals surface area contributed by atoms with Crippen LogP contribution in [-0.4, -0.2) is 30.1 Å². The summed E-state index contributed by atoms with van der Waals surface area (Å²) >= 11 is 0. The minimum atomic E-state index is -0.453. The van der Waals surface area contributed by atoms with Crippen LogP contribution in [0.3, 0.4) is 0 Å². The first-order valence-electron chi connectivity index (χ1n) is 5.81. The van der Waals surface area contributed by atoms with Crippen LogP contribution < -0.4 is 15.8 Å². The number of rotatable bonds is 3. The summed E-state index contributed by atoms with van der Waals surface area (Å²) in [5.74, 6) is 0.0383. The van der Waals surface area contributed by atoms with E-state index in [0.29, 0.717) is 11.4 Å². The highest BCUT2D eigenvalue weighted by Crippen LogP contribution is 2.16. The molecule has 0 saturated carbocycles. The summed E-state index contributed by atoms with van der Waals surface area (Å²) in [6.07, 6.45) is 2.09. The topological polar surface area (TPSA) is 77.2 Å². The van der Waals surface area contributed by atoms with Gasteiger partial charge in [0.25, 0.3) is 0 Å². The van der Waals surface area contributed by atoms with E-state index in [4.69, 9.17) is 10.5 Å². The second kappa shape index (κ2) is 5.14. The largest absolute Gasteiger partial charge is 0.474 e. The van der Waals surface area contributed by atoms with Crippen LogP contribution in [0.2, 0.25) is 0 Å². The Balaban J connectivity index is 2.11. The molecule has 1 aliphatic rings. The van der Waals surface area contributed by atoms with Gasteiger partial charge in [0.05, 0.1) is 0 Å². The van der Waals surface area contributed by atoms with Gasteiger partial charge in [0.15, 0.2) is 0 Å². The second-order valence-corrected chi connectivity index (χ2v) is 4.27. The molecule has 0 aliphatic carbocycles. The monoisotopic (exact) mass is 235 g/mol. The lowest BCUT2D eigenvalue weighted by atomic mass is 10.1. The van der Waals surface area contributed by atoms with Gasteiger partial charge in [0.2, 0.25) is 11.8 Å². The number of nitrogens with zero attached hydrogens (tertiary/aromatic N) is 1. The fourth-order valence-corrected chi connectivity index (χ4v) is 1.92. The molecule has 0 spiro atoms. The maximum atomic E-state index is 11.1. The average Bonchev–Trinajstić information content (AvgIpc) is 2.29. The quantitative estimate of drug-likeness (QED) is 0.805. The summed E-state index contributed by atoms with van der Waals surface area (Å²) in [7, 11) is 0. The van der Waals surface area contributed by atoms with Crippen LogP contribution in [0.4, 0.5) is 0 Å². The van der Waals surface area contributed by atoms with Crippen molar-refractivity contribution in [2.45, 2.75) is 25.9 Å². The molecule has 17 heavy (non-hydrogen) atoms. The van der Waals surface area contributed by atoms with Crippen molar-refractivity contribution in [3.05, 3.63) is 23.4 Å². The Kier molecular flexibility index (Phi) is 3.58. The highest BCUT2D eigenvalue weighted by molar-refractivity contribution is 5.93. The molecule has 0 unspecified atom stereocenters. The van der Waals surface area contributed by atoms with Crippen molar-refractivity contribution in [1.29, 1.82) is 0 Å². The van der Waals surface area contributed by atoms with Crippen LogP contribution in [-0.2, 0) is 0 Å². The molecule has 0 radical (unpaired) electrons. The number of nitrogens with one attached hydrogen (secondary N) is 1. The van der Waals surface area contributed by atoms with Crippen molar-refractivity contribution in [2.75, 3.05) is 13.1 Å². The fraction of sp³-hybridized carbons (Fsp3) is 0.500. The zero-order valence-corrected chi connectivity index (χ0v) is 9.90. The summed E-state index contributed by atoms with van der Waals surface area (Å²) in [5, 5.41) is 3.27. The summed E-state index contributed by atoms with van der Waals surface area (Å²) in [6.45, 7) is 3.74. The van der Waals surface area contributed by atoms with Gasteiger partial charge in [0, 0.05) is 17.3 Å². The highest BCUT2D eigenvalue weighted by Gasteiger charge is 2.16. The van der Waals surface area contributed by atoms with Crippen molar-refractivity contribution in [3.63, 3.8) is 0 Å². The molecule has 2 rings (SSSR count). The average molecular weight is 235 g/mol. The molecule has 1 saturated heterocycles. The third kappa shape index (κ3) is 3.17. The SMILES string of the molecule is Cc1cc(C(N)=O)cc(OC2CCNCC2)n1. The molecule has 1 amide bonds. The van der Waals surface area contributed by atoms with Crippen molar-refractivity contribution < 1.29 is 9.53 Å². The summed E-state index contributed by atoms with van der Waals surface area (Å²) in [6, 6.07) is 3.27. The van der Waals surface area contributed by atoms with Crippen molar-refractivity contribution >= 4 is 5.91 Å². The third-order valence-electron chi connectivity index (χ3n) is 2.79. The second-order valence-electron chi connectivity index (χ2n) is 4.27. The molecule has 5 heteroatoms. The van der Waals surface area contributed by atoms with Gasteiger partial charge in [-0.1, -0.05) is 0 Å². The number of pyridine rings is 1. The van der Waals surface area contributed by atoms with E-state index in [1.54, 1.807) is 12.1 Å². The lowest BCUT2D eigenvalue weighted by molar-refractivity contribution is 0.0998. The van der Waals surface area contributed by atoms with E-state index >= 15 is 0 Å². The number of primary amides is 1. The van der Waals surface area contributed by atoms with Gasteiger partial charge >= 0.3 is 0 Å². The zero-order chi connectivity index (χ0) is 12.3. The fourth-order valence-electron chi connectivity index (χ4n) is 1.92. The number of amides is 1. The third-order valence-corrected chi connectivity index (χ3v) is 2.79. The Morgan fingerprint density at radius 2 is 2.18 bits per heavy atom. The van der Waals surface area contributed by atoms with Gasteiger partial charge in [-0.05, 0) is 38.9 Å². The maximum Gasteiger partial charge on any atom is 0.248 e. The van der Waals surface area contributed by atoms with Gasteiger partial charge in [-0.2, -0.15) is 0 Å². The van der Waals surface area contributed by atoms with Gasteiger partial charge in [-0.15, -0.1) is 0 Å². The molecule has 0 atom stereocenters. The number of piperidine rings is 1. The van der Waals surface area contributed by atoms with Crippen molar-refractivity contribution in [3.8, 4) is 5.88 Å². The van der Waals surface area contributed by atoms with Gasteiger partial charge in [-0.25, -0.2) is 4.98 Å². The number of aryl methyl sites for hydroxylation is 1. The maximum absolute atomic E-state index is 11.1. The van der Waals surface area contributed by atoms with Gasteiger partial charge in [-0.3, -0.25) is 4.79 Å². The summed E-state index contributed by atoms with van der Waals surface area (Å²) in [5.41, 5.74) is 6.44. The van der Waals surface area contributed by atoms with Crippen molar-refractivity contribution in [1.82, 2.24) is 10.3 Å². The van der Waals surface area contributed by atoms with E-state index < -0.39 is 5.91 Å². The van der Waals surface area contributed by atoms with Crippen LogP contribution in [0.15, 0.2) is 12.1 Å². The Labute approximate surface area is 100 Å².